The van der Waals surface area contributed by atoms with Crippen molar-refractivity contribution in [2.75, 3.05) is 25.1 Å². The number of imidazole rings is 1. The van der Waals surface area contributed by atoms with Crippen LogP contribution in [0.15, 0.2) is 36.4 Å². The number of nitriles is 1. The number of aromatic amines is 1. The highest BCUT2D eigenvalue weighted by Gasteiger charge is 2.13. The number of nitrogens with one attached hydrogen (secondary N) is 1. The van der Waals surface area contributed by atoms with Gasteiger partial charge in [-0.1, -0.05) is 6.07 Å². The maximum Gasteiger partial charge on any atom is 0.149 e. The molecule has 4 rings (SSSR count). The average molecular weight is 372 g/mol. The Kier molecular flexibility index (Phi) is 5.03. The van der Waals surface area contributed by atoms with Gasteiger partial charge >= 0.3 is 0 Å². The number of H-pyrrole nitrogens is 1. The minimum absolute atomic E-state index is 0.518. The van der Waals surface area contributed by atoms with Crippen molar-refractivity contribution in [1.29, 1.82) is 5.26 Å². The molecule has 2 aromatic carbocycles. The Bertz CT molecular complexity index is 1070. The molecule has 1 aliphatic heterocycles. The molecule has 1 aliphatic rings. The molecule has 5 nitrogen and oxygen atoms in total. The summed E-state index contributed by atoms with van der Waals surface area (Å²) >= 11 is 0. The minimum Gasteiger partial charge on any atom is -0.497 e. The van der Waals surface area contributed by atoms with E-state index in [2.05, 4.69) is 46.1 Å². The van der Waals surface area contributed by atoms with Crippen LogP contribution in [0.1, 0.15) is 36.2 Å². The average Bonchev–Trinajstić information content (AvgIpc) is 3.16. The van der Waals surface area contributed by atoms with Crippen molar-refractivity contribution >= 4 is 28.4 Å². The minimum atomic E-state index is 0.518. The summed E-state index contributed by atoms with van der Waals surface area (Å²) in [5.74, 6) is 1.33. The zero-order chi connectivity index (χ0) is 19.5. The highest BCUT2D eigenvalue weighted by Crippen LogP contribution is 2.26. The predicted molar refractivity (Wildman–Crippen MR) is 113 cm³/mol. The van der Waals surface area contributed by atoms with Gasteiger partial charge in [-0.15, -0.1) is 0 Å². The van der Waals surface area contributed by atoms with E-state index in [4.69, 9.17) is 4.74 Å². The van der Waals surface area contributed by atoms with Crippen LogP contribution in [-0.2, 0) is 0 Å². The monoisotopic (exact) mass is 372 g/mol. The molecule has 0 amide bonds. The third-order valence-corrected chi connectivity index (χ3v) is 5.34. The number of aromatic nitrogens is 2. The molecule has 0 bridgehead atoms. The van der Waals surface area contributed by atoms with Crippen LogP contribution in [0.3, 0.4) is 0 Å². The zero-order valence-corrected chi connectivity index (χ0v) is 16.3. The van der Waals surface area contributed by atoms with Crippen LogP contribution in [0.25, 0.3) is 22.7 Å². The van der Waals surface area contributed by atoms with Crippen LogP contribution >= 0.6 is 0 Å². The maximum absolute atomic E-state index is 9.70. The lowest BCUT2D eigenvalue weighted by molar-refractivity contribution is 0.415. The molecule has 0 radical (unpaired) electrons. The number of benzene rings is 2. The third kappa shape index (κ3) is 3.59. The normalized spacial score (nSPS) is 14.9. The number of ether oxygens (including phenoxy) is 1. The fourth-order valence-corrected chi connectivity index (χ4v) is 3.72. The SMILES string of the molecule is COc1ccc2nc(/C(C#N)=C\c3ccc(N4CCCCC4)cc3C)[nH]c2c1. The Morgan fingerprint density at radius 3 is 2.71 bits per heavy atom. The summed E-state index contributed by atoms with van der Waals surface area (Å²) in [5.41, 5.74) is 5.65. The number of anilines is 1. The summed E-state index contributed by atoms with van der Waals surface area (Å²) in [5, 5.41) is 9.70. The van der Waals surface area contributed by atoms with Crippen LogP contribution in [0.4, 0.5) is 5.69 Å². The van der Waals surface area contributed by atoms with Gasteiger partial charge < -0.3 is 14.6 Å². The first-order valence-electron chi connectivity index (χ1n) is 9.69. The first-order valence-corrected chi connectivity index (χ1v) is 9.69. The van der Waals surface area contributed by atoms with E-state index < -0.39 is 0 Å². The van der Waals surface area contributed by atoms with Crippen LogP contribution in [-0.4, -0.2) is 30.2 Å². The second-order valence-corrected chi connectivity index (χ2v) is 7.23. The van der Waals surface area contributed by atoms with Crippen LogP contribution < -0.4 is 9.64 Å². The van der Waals surface area contributed by atoms with Gasteiger partial charge in [-0.2, -0.15) is 5.26 Å². The first-order chi connectivity index (χ1) is 13.7. The van der Waals surface area contributed by atoms with E-state index >= 15 is 0 Å². The lowest BCUT2D eigenvalue weighted by Gasteiger charge is -2.29. The van der Waals surface area contributed by atoms with Crippen LogP contribution in [0.2, 0.25) is 0 Å². The van der Waals surface area contributed by atoms with Crippen molar-refractivity contribution < 1.29 is 4.74 Å². The number of methoxy groups -OCH3 is 1. The summed E-state index contributed by atoms with van der Waals surface area (Å²) in [4.78, 5) is 10.2. The molecule has 5 heteroatoms. The zero-order valence-electron chi connectivity index (χ0n) is 16.3. The van der Waals surface area contributed by atoms with Gasteiger partial charge in [0.15, 0.2) is 0 Å². The third-order valence-electron chi connectivity index (χ3n) is 5.34. The molecule has 1 fully saturated rings. The van der Waals surface area contributed by atoms with E-state index in [0.29, 0.717) is 11.4 Å². The van der Waals surface area contributed by atoms with Gasteiger partial charge in [-0.05, 0) is 67.7 Å². The summed E-state index contributed by atoms with van der Waals surface area (Å²) in [6.45, 7) is 4.35. The van der Waals surface area contributed by atoms with Gasteiger partial charge in [0.2, 0.25) is 0 Å². The highest BCUT2D eigenvalue weighted by atomic mass is 16.5. The largest absolute Gasteiger partial charge is 0.497 e. The lowest BCUT2D eigenvalue weighted by Crippen LogP contribution is -2.29. The molecule has 1 aromatic heterocycles. The Labute approximate surface area is 165 Å². The first kappa shape index (κ1) is 18.1. The van der Waals surface area contributed by atoms with Gasteiger partial charge in [-0.3, -0.25) is 0 Å². The number of hydrogen-bond acceptors (Lipinski definition) is 4. The smallest absolute Gasteiger partial charge is 0.149 e. The highest BCUT2D eigenvalue weighted by molar-refractivity contribution is 5.91. The van der Waals surface area contributed by atoms with Gasteiger partial charge in [-0.25, -0.2) is 4.98 Å². The number of allylic oxidation sites excluding steroid dienone is 1. The molecular formula is C23H24N4O. The van der Waals surface area contributed by atoms with Crippen LogP contribution in [0, 0.1) is 18.3 Å². The fraction of sp³-hybridized carbons (Fsp3) is 0.304. The van der Waals surface area contributed by atoms with Gasteiger partial charge in [0.1, 0.15) is 17.6 Å². The maximum atomic E-state index is 9.70. The number of piperidine rings is 1. The molecule has 1 saturated heterocycles. The number of hydrogen-bond donors (Lipinski definition) is 1. The van der Waals surface area contributed by atoms with E-state index in [9.17, 15) is 5.26 Å². The van der Waals surface area contributed by atoms with Crippen molar-refractivity contribution in [2.45, 2.75) is 26.2 Å². The van der Waals surface area contributed by atoms with Gasteiger partial charge in [0.05, 0.1) is 23.7 Å². The number of nitrogens with zero attached hydrogens (tertiary/aromatic N) is 3. The van der Waals surface area contributed by atoms with Crippen molar-refractivity contribution in [2.24, 2.45) is 0 Å². The summed E-state index contributed by atoms with van der Waals surface area (Å²) in [6, 6.07) is 14.4. The van der Waals surface area contributed by atoms with E-state index in [-0.39, 0.29) is 0 Å². The Balaban J connectivity index is 1.65. The molecule has 142 valence electrons. The molecule has 3 aromatic rings. The molecular weight excluding hydrogens is 348 g/mol. The van der Waals surface area contributed by atoms with E-state index in [1.54, 1.807) is 7.11 Å². The molecule has 0 saturated carbocycles. The standard InChI is InChI=1S/C23H24N4O/c1-16-12-19(27-10-4-3-5-11-27)7-6-17(16)13-18(15-24)23-25-21-9-8-20(28-2)14-22(21)26-23/h6-9,12-14H,3-5,10-11H2,1-2H3,(H,25,26)/b18-13-. The molecule has 28 heavy (non-hydrogen) atoms. The summed E-state index contributed by atoms with van der Waals surface area (Å²) in [6.07, 6.45) is 5.75. The predicted octanol–water partition coefficient (Wildman–Crippen LogP) is 4.93. The molecule has 0 atom stereocenters. The number of aryl methyl sites for hydroxylation is 1. The Morgan fingerprint density at radius 1 is 1.18 bits per heavy atom. The number of rotatable bonds is 4. The van der Waals surface area contributed by atoms with Crippen molar-refractivity contribution in [3.05, 3.63) is 53.3 Å². The Morgan fingerprint density at radius 2 is 2.00 bits per heavy atom. The number of fused-ring (bicyclic) bond motifs is 1. The van der Waals surface area contributed by atoms with E-state index in [0.717, 1.165) is 41.0 Å². The summed E-state index contributed by atoms with van der Waals surface area (Å²) < 4.78 is 5.26. The second kappa shape index (κ2) is 7.77. The molecule has 1 N–H and O–H groups in total. The Hall–Kier alpha value is -3.26. The van der Waals surface area contributed by atoms with E-state index in [1.165, 1.54) is 24.9 Å². The van der Waals surface area contributed by atoms with Crippen molar-refractivity contribution in [1.82, 2.24) is 9.97 Å². The quantitative estimate of drug-likeness (QED) is 0.659. The van der Waals surface area contributed by atoms with Crippen molar-refractivity contribution in [3.8, 4) is 11.8 Å². The summed E-state index contributed by atoms with van der Waals surface area (Å²) in [7, 11) is 1.63. The molecule has 0 aliphatic carbocycles. The molecule has 2 heterocycles. The second-order valence-electron chi connectivity index (χ2n) is 7.23. The van der Waals surface area contributed by atoms with Crippen molar-refractivity contribution in [3.63, 3.8) is 0 Å². The van der Waals surface area contributed by atoms with E-state index in [1.807, 2.05) is 24.3 Å². The van der Waals surface area contributed by atoms with Crippen LogP contribution in [0.5, 0.6) is 5.75 Å². The fourth-order valence-electron chi connectivity index (χ4n) is 3.72. The molecule has 0 unspecified atom stereocenters. The lowest BCUT2D eigenvalue weighted by atomic mass is 10.0. The topological polar surface area (TPSA) is 64.9 Å². The molecule has 0 spiro atoms. The van der Waals surface area contributed by atoms with Gasteiger partial charge in [0, 0.05) is 24.8 Å². The van der Waals surface area contributed by atoms with Gasteiger partial charge in [0.25, 0.3) is 0 Å².